The van der Waals surface area contributed by atoms with Gasteiger partial charge in [-0.3, -0.25) is 4.79 Å². The van der Waals surface area contributed by atoms with Gasteiger partial charge in [-0.25, -0.2) is 0 Å². The Morgan fingerprint density at radius 3 is 2.65 bits per heavy atom. The molecular formula is C13H15NO3. The van der Waals surface area contributed by atoms with Crippen LogP contribution in [0.4, 0.5) is 5.69 Å². The third kappa shape index (κ3) is 2.07. The van der Waals surface area contributed by atoms with Crippen LogP contribution < -0.4 is 4.74 Å². The number of carbonyl (C=O) groups excluding carboxylic acids is 1. The number of methoxy groups -OCH3 is 1. The number of nitrogens with zero attached hydrogens (tertiary/aromatic N) is 1. The van der Waals surface area contributed by atoms with E-state index < -0.39 is 0 Å². The zero-order valence-corrected chi connectivity index (χ0v) is 9.97. The summed E-state index contributed by atoms with van der Waals surface area (Å²) in [5.41, 5.74) is 0.510. The minimum Gasteiger partial charge on any atom is -0.494 e. The van der Waals surface area contributed by atoms with Gasteiger partial charge in [0.2, 0.25) is 0 Å². The normalized spacial score (nSPS) is 22.7. The third-order valence-corrected chi connectivity index (χ3v) is 3.32. The van der Waals surface area contributed by atoms with E-state index >= 15 is 0 Å². The second-order valence-corrected chi connectivity index (χ2v) is 4.59. The molecule has 0 heterocycles. The van der Waals surface area contributed by atoms with Gasteiger partial charge in [-0.15, -0.1) is 4.91 Å². The van der Waals surface area contributed by atoms with Gasteiger partial charge in [0.15, 0.2) is 11.5 Å². The van der Waals surface area contributed by atoms with Crippen molar-refractivity contribution in [2.45, 2.75) is 19.8 Å². The van der Waals surface area contributed by atoms with Crippen LogP contribution in [0, 0.1) is 16.7 Å². The van der Waals surface area contributed by atoms with E-state index in [4.69, 9.17) is 4.74 Å². The molecule has 0 saturated heterocycles. The fraction of sp³-hybridized carbons (Fsp3) is 0.462. The van der Waals surface area contributed by atoms with Crippen LogP contribution in [0.5, 0.6) is 5.75 Å². The second-order valence-electron chi connectivity index (χ2n) is 4.59. The van der Waals surface area contributed by atoms with Gasteiger partial charge in [-0.05, 0) is 36.1 Å². The average molecular weight is 233 g/mol. The lowest BCUT2D eigenvalue weighted by Crippen LogP contribution is -2.28. The number of benzene rings is 1. The van der Waals surface area contributed by atoms with Crippen molar-refractivity contribution < 1.29 is 9.53 Å². The van der Waals surface area contributed by atoms with E-state index in [0.29, 0.717) is 17.2 Å². The van der Waals surface area contributed by atoms with Gasteiger partial charge in [-0.1, -0.05) is 13.0 Å². The molecular weight excluding hydrogens is 218 g/mol. The van der Waals surface area contributed by atoms with E-state index in [0.717, 1.165) is 12.8 Å². The largest absolute Gasteiger partial charge is 0.494 e. The molecule has 0 spiro atoms. The van der Waals surface area contributed by atoms with Crippen LogP contribution in [-0.4, -0.2) is 12.9 Å². The maximum Gasteiger partial charge on any atom is 0.168 e. The number of rotatable bonds is 4. The Hall–Kier alpha value is -1.71. The van der Waals surface area contributed by atoms with Crippen molar-refractivity contribution in [1.82, 2.24) is 0 Å². The molecule has 1 aromatic rings. The molecule has 0 N–H and O–H groups in total. The highest BCUT2D eigenvalue weighted by Gasteiger charge is 2.33. The summed E-state index contributed by atoms with van der Waals surface area (Å²) in [6.07, 6.45) is 1.79. The van der Waals surface area contributed by atoms with Crippen molar-refractivity contribution in [3.8, 4) is 5.75 Å². The van der Waals surface area contributed by atoms with E-state index in [-0.39, 0.29) is 17.4 Å². The van der Waals surface area contributed by atoms with Gasteiger partial charge in [-0.2, -0.15) is 0 Å². The van der Waals surface area contributed by atoms with E-state index in [1.165, 1.54) is 7.11 Å². The first-order chi connectivity index (χ1) is 8.17. The number of hydrogen-bond acceptors (Lipinski definition) is 4. The molecule has 17 heavy (non-hydrogen) atoms. The summed E-state index contributed by atoms with van der Waals surface area (Å²) in [6, 6.07) is 4.99. The van der Waals surface area contributed by atoms with Crippen molar-refractivity contribution in [3.63, 3.8) is 0 Å². The maximum absolute atomic E-state index is 12.2. The molecule has 1 aliphatic rings. The van der Waals surface area contributed by atoms with Crippen molar-refractivity contribution in [2.24, 2.45) is 17.0 Å². The molecule has 0 radical (unpaired) electrons. The van der Waals surface area contributed by atoms with Gasteiger partial charge in [0.05, 0.1) is 12.7 Å². The molecule has 1 fully saturated rings. The summed E-state index contributed by atoms with van der Waals surface area (Å²) in [5.74, 6) is 1.01. The lowest BCUT2D eigenvalue weighted by Gasteiger charge is -2.31. The highest BCUT2D eigenvalue weighted by Crippen LogP contribution is 2.39. The van der Waals surface area contributed by atoms with Crippen LogP contribution >= 0.6 is 0 Å². The smallest absolute Gasteiger partial charge is 0.168 e. The number of carbonyl (C=O) groups is 1. The summed E-state index contributed by atoms with van der Waals surface area (Å²) in [6.45, 7) is 2.12. The Bertz CT molecular complexity index is 450. The number of Topliss-reactive ketones (excluding diaryl/α,β-unsaturated/α-hetero) is 1. The first-order valence-electron chi connectivity index (χ1n) is 5.72. The molecule has 4 heteroatoms. The summed E-state index contributed by atoms with van der Waals surface area (Å²) in [4.78, 5) is 23.0. The first kappa shape index (κ1) is 11.8. The van der Waals surface area contributed by atoms with Gasteiger partial charge < -0.3 is 4.74 Å². The van der Waals surface area contributed by atoms with Crippen LogP contribution in [0.2, 0.25) is 0 Å². The first-order valence-corrected chi connectivity index (χ1v) is 5.72. The number of ketones is 1. The summed E-state index contributed by atoms with van der Waals surface area (Å²) in [7, 11) is 1.46. The lowest BCUT2D eigenvalue weighted by molar-refractivity contribution is 0.0792. The zero-order valence-electron chi connectivity index (χ0n) is 9.97. The molecule has 0 atom stereocenters. The quantitative estimate of drug-likeness (QED) is 0.592. The summed E-state index contributed by atoms with van der Waals surface area (Å²) < 4.78 is 5.03. The van der Waals surface area contributed by atoms with Crippen LogP contribution in [-0.2, 0) is 0 Å². The predicted molar refractivity (Wildman–Crippen MR) is 64.7 cm³/mol. The average Bonchev–Trinajstić information content (AvgIpc) is 2.33. The molecule has 4 nitrogen and oxygen atoms in total. The van der Waals surface area contributed by atoms with E-state index in [9.17, 15) is 9.70 Å². The Kier molecular flexibility index (Phi) is 3.22. The Balaban J connectivity index is 2.31. The fourth-order valence-corrected chi connectivity index (χ4v) is 2.32. The molecule has 0 bridgehead atoms. The maximum atomic E-state index is 12.2. The molecule has 0 amide bonds. The van der Waals surface area contributed by atoms with E-state index in [1.807, 2.05) is 0 Å². The van der Waals surface area contributed by atoms with Gasteiger partial charge >= 0.3 is 0 Å². The minimum atomic E-state index is 0.0107. The lowest BCUT2D eigenvalue weighted by atomic mass is 9.72. The van der Waals surface area contributed by atoms with Crippen molar-refractivity contribution in [2.75, 3.05) is 7.11 Å². The zero-order chi connectivity index (χ0) is 12.4. The standard InChI is InChI=1S/C13H15NO3/c1-8-6-9(7-8)13(15)10-4-3-5-11(17-2)12(10)14-16/h3-5,8-9H,6-7H2,1-2H3. The predicted octanol–water partition coefficient (Wildman–Crippen LogP) is 3.32. The molecule has 90 valence electrons. The molecule has 0 aliphatic heterocycles. The number of nitroso groups, excluding NO2 is 1. The molecule has 1 saturated carbocycles. The topological polar surface area (TPSA) is 55.7 Å². The number of hydrogen-bond donors (Lipinski definition) is 0. The van der Waals surface area contributed by atoms with Crippen molar-refractivity contribution >= 4 is 11.5 Å². The Morgan fingerprint density at radius 2 is 2.12 bits per heavy atom. The Morgan fingerprint density at radius 1 is 1.41 bits per heavy atom. The molecule has 1 aromatic carbocycles. The van der Waals surface area contributed by atoms with E-state index in [1.54, 1.807) is 18.2 Å². The van der Waals surface area contributed by atoms with Gasteiger partial charge in [0.1, 0.15) is 5.75 Å². The van der Waals surface area contributed by atoms with E-state index in [2.05, 4.69) is 12.1 Å². The van der Waals surface area contributed by atoms with Crippen LogP contribution in [0.15, 0.2) is 23.4 Å². The molecule has 2 rings (SSSR count). The van der Waals surface area contributed by atoms with Crippen molar-refractivity contribution in [1.29, 1.82) is 0 Å². The van der Waals surface area contributed by atoms with Gasteiger partial charge in [0.25, 0.3) is 0 Å². The van der Waals surface area contributed by atoms with Crippen LogP contribution in [0.1, 0.15) is 30.1 Å². The van der Waals surface area contributed by atoms with Crippen LogP contribution in [0.25, 0.3) is 0 Å². The second kappa shape index (κ2) is 4.65. The highest BCUT2D eigenvalue weighted by atomic mass is 16.5. The summed E-state index contributed by atoms with van der Waals surface area (Å²) in [5, 5.41) is 2.93. The fourth-order valence-electron chi connectivity index (χ4n) is 2.32. The minimum absolute atomic E-state index is 0.0107. The van der Waals surface area contributed by atoms with Gasteiger partial charge in [0, 0.05) is 5.92 Å². The summed E-state index contributed by atoms with van der Waals surface area (Å²) >= 11 is 0. The highest BCUT2D eigenvalue weighted by molar-refractivity contribution is 6.03. The Labute approximate surface area is 99.9 Å². The van der Waals surface area contributed by atoms with Crippen LogP contribution in [0.3, 0.4) is 0 Å². The van der Waals surface area contributed by atoms with Crippen molar-refractivity contribution in [3.05, 3.63) is 28.7 Å². The molecule has 1 aliphatic carbocycles. The third-order valence-electron chi connectivity index (χ3n) is 3.32. The SMILES string of the molecule is COc1cccc(C(=O)C2CC(C)C2)c1N=O. The molecule has 0 aromatic heterocycles. The molecule has 0 unspecified atom stereocenters. The number of ether oxygens (including phenoxy) is 1. The monoisotopic (exact) mass is 233 g/mol.